The number of rotatable bonds is 8. The molecule has 156 valence electrons. The Balaban J connectivity index is 1.59. The van der Waals surface area contributed by atoms with Crippen LogP contribution in [-0.4, -0.2) is 9.97 Å². The zero-order chi connectivity index (χ0) is 21.5. The third-order valence-electron chi connectivity index (χ3n) is 4.97. The van der Waals surface area contributed by atoms with Crippen LogP contribution in [0.1, 0.15) is 16.7 Å². The SMILES string of the molecule is Nc1c(NCc2ccc(F)cc2)ncnc1N(Cc1ccccc1)Cc1ccccc1. The van der Waals surface area contributed by atoms with E-state index in [1.807, 2.05) is 36.4 Å². The Morgan fingerprint density at radius 1 is 0.742 bits per heavy atom. The number of benzene rings is 3. The molecule has 0 saturated carbocycles. The molecule has 0 aliphatic rings. The zero-order valence-electron chi connectivity index (χ0n) is 17.1. The van der Waals surface area contributed by atoms with Gasteiger partial charge in [0.2, 0.25) is 0 Å². The number of halogens is 1. The van der Waals surface area contributed by atoms with Gasteiger partial charge in [-0.1, -0.05) is 72.8 Å². The molecule has 0 amide bonds. The Bertz CT molecular complexity index is 1060. The lowest BCUT2D eigenvalue weighted by molar-refractivity contribution is 0.627. The molecule has 4 aromatic rings. The number of nitrogen functional groups attached to an aromatic ring is 1. The summed E-state index contributed by atoms with van der Waals surface area (Å²) in [6.45, 7) is 1.81. The maximum atomic E-state index is 13.1. The van der Waals surface area contributed by atoms with Gasteiger partial charge in [0.05, 0.1) is 0 Å². The molecule has 0 unspecified atom stereocenters. The van der Waals surface area contributed by atoms with Crippen molar-refractivity contribution in [3.63, 3.8) is 0 Å². The van der Waals surface area contributed by atoms with E-state index in [2.05, 4.69) is 44.5 Å². The van der Waals surface area contributed by atoms with Gasteiger partial charge in [-0.25, -0.2) is 14.4 Å². The van der Waals surface area contributed by atoms with Crippen LogP contribution in [0.5, 0.6) is 0 Å². The van der Waals surface area contributed by atoms with Gasteiger partial charge in [0.25, 0.3) is 0 Å². The number of nitrogens with zero attached hydrogens (tertiary/aromatic N) is 3. The third kappa shape index (κ3) is 5.36. The molecular formula is C25H24FN5. The standard InChI is InChI=1S/C25H24FN5/c26-22-13-11-19(12-14-22)15-28-24-23(27)25(30-18-29-24)31(16-20-7-3-1-4-8-20)17-21-9-5-2-6-10-21/h1-14,18H,15-17,27H2,(H,28,29,30). The van der Waals surface area contributed by atoms with Crippen molar-refractivity contribution in [2.45, 2.75) is 19.6 Å². The molecule has 0 aliphatic carbocycles. The summed E-state index contributed by atoms with van der Waals surface area (Å²) in [5.74, 6) is 0.967. The van der Waals surface area contributed by atoms with Crippen LogP contribution >= 0.6 is 0 Å². The summed E-state index contributed by atoms with van der Waals surface area (Å²) in [7, 11) is 0. The first-order valence-electron chi connectivity index (χ1n) is 10.1. The molecular weight excluding hydrogens is 389 g/mol. The molecule has 0 atom stereocenters. The number of nitrogens with one attached hydrogen (secondary N) is 1. The average molecular weight is 414 g/mol. The molecule has 1 heterocycles. The summed E-state index contributed by atoms with van der Waals surface area (Å²) >= 11 is 0. The van der Waals surface area contributed by atoms with Gasteiger partial charge in [-0.3, -0.25) is 0 Å². The second kappa shape index (κ2) is 9.71. The van der Waals surface area contributed by atoms with Crippen molar-refractivity contribution in [3.05, 3.63) is 114 Å². The molecule has 0 bridgehead atoms. The van der Waals surface area contributed by atoms with E-state index in [4.69, 9.17) is 5.73 Å². The summed E-state index contributed by atoms with van der Waals surface area (Å²) < 4.78 is 13.1. The summed E-state index contributed by atoms with van der Waals surface area (Å²) in [6.07, 6.45) is 1.52. The van der Waals surface area contributed by atoms with Crippen LogP contribution in [0.4, 0.5) is 21.7 Å². The number of anilines is 3. The summed E-state index contributed by atoms with van der Waals surface area (Å²) in [5.41, 5.74) is 10.2. The molecule has 4 rings (SSSR count). The second-order valence-electron chi connectivity index (χ2n) is 7.27. The van der Waals surface area contributed by atoms with Crippen LogP contribution in [0.15, 0.2) is 91.3 Å². The minimum Gasteiger partial charge on any atom is -0.393 e. The van der Waals surface area contributed by atoms with Crippen LogP contribution in [0.25, 0.3) is 0 Å². The predicted molar refractivity (Wildman–Crippen MR) is 123 cm³/mol. The summed E-state index contributed by atoms with van der Waals surface area (Å²) in [6, 6.07) is 26.8. The van der Waals surface area contributed by atoms with Crippen LogP contribution in [0, 0.1) is 5.82 Å². The highest BCUT2D eigenvalue weighted by Crippen LogP contribution is 2.29. The van der Waals surface area contributed by atoms with E-state index in [0.29, 0.717) is 37.0 Å². The number of hydrogen-bond donors (Lipinski definition) is 2. The van der Waals surface area contributed by atoms with Gasteiger partial charge >= 0.3 is 0 Å². The maximum Gasteiger partial charge on any atom is 0.158 e. The highest BCUT2D eigenvalue weighted by atomic mass is 19.1. The minimum absolute atomic E-state index is 0.259. The molecule has 0 saturated heterocycles. The van der Waals surface area contributed by atoms with E-state index in [9.17, 15) is 4.39 Å². The van der Waals surface area contributed by atoms with Crippen molar-refractivity contribution < 1.29 is 4.39 Å². The molecule has 6 heteroatoms. The first-order valence-corrected chi connectivity index (χ1v) is 10.1. The first-order chi connectivity index (χ1) is 15.2. The molecule has 3 aromatic carbocycles. The molecule has 0 radical (unpaired) electrons. The van der Waals surface area contributed by atoms with Gasteiger partial charge < -0.3 is 16.0 Å². The fourth-order valence-electron chi connectivity index (χ4n) is 3.38. The maximum absolute atomic E-state index is 13.1. The van der Waals surface area contributed by atoms with Gasteiger partial charge in [0.1, 0.15) is 17.8 Å². The summed E-state index contributed by atoms with van der Waals surface area (Å²) in [5, 5.41) is 3.25. The monoisotopic (exact) mass is 413 g/mol. The van der Waals surface area contributed by atoms with E-state index >= 15 is 0 Å². The van der Waals surface area contributed by atoms with Crippen molar-refractivity contribution in [1.29, 1.82) is 0 Å². The molecule has 3 N–H and O–H groups in total. The van der Waals surface area contributed by atoms with Gasteiger partial charge in [-0.2, -0.15) is 0 Å². The molecule has 0 fully saturated rings. The first kappa shape index (κ1) is 20.3. The molecule has 1 aromatic heterocycles. The van der Waals surface area contributed by atoms with Crippen LogP contribution < -0.4 is 16.0 Å². The van der Waals surface area contributed by atoms with Crippen molar-refractivity contribution in [3.8, 4) is 0 Å². The Morgan fingerprint density at radius 3 is 1.90 bits per heavy atom. The normalized spacial score (nSPS) is 10.6. The van der Waals surface area contributed by atoms with Crippen LogP contribution in [0.3, 0.4) is 0 Å². The zero-order valence-corrected chi connectivity index (χ0v) is 17.1. The quantitative estimate of drug-likeness (QED) is 0.425. The van der Waals surface area contributed by atoms with E-state index < -0.39 is 0 Å². The predicted octanol–water partition coefficient (Wildman–Crippen LogP) is 5.02. The lowest BCUT2D eigenvalue weighted by Gasteiger charge is -2.26. The molecule has 5 nitrogen and oxygen atoms in total. The minimum atomic E-state index is -0.259. The lowest BCUT2D eigenvalue weighted by atomic mass is 10.1. The molecule has 0 aliphatic heterocycles. The Labute approximate surface area is 181 Å². The van der Waals surface area contributed by atoms with Gasteiger partial charge in [0, 0.05) is 19.6 Å². The van der Waals surface area contributed by atoms with Gasteiger partial charge in [0.15, 0.2) is 11.6 Å². The van der Waals surface area contributed by atoms with Crippen molar-refractivity contribution in [2.75, 3.05) is 16.0 Å². The van der Waals surface area contributed by atoms with Gasteiger partial charge in [-0.15, -0.1) is 0 Å². The van der Waals surface area contributed by atoms with Crippen molar-refractivity contribution >= 4 is 17.3 Å². The highest BCUT2D eigenvalue weighted by molar-refractivity contribution is 5.75. The molecule has 0 spiro atoms. The second-order valence-corrected chi connectivity index (χ2v) is 7.27. The van der Waals surface area contributed by atoms with Gasteiger partial charge in [-0.05, 0) is 28.8 Å². The van der Waals surface area contributed by atoms with Crippen LogP contribution in [0.2, 0.25) is 0 Å². The largest absolute Gasteiger partial charge is 0.393 e. The van der Waals surface area contributed by atoms with Crippen LogP contribution in [-0.2, 0) is 19.6 Å². The topological polar surface area (TPSA) is 67.1 Å². The number of aromatic nitrogens is 2. The molecule has 31 heavy (non-hydrogen) atoms. The van der Waals surface area contributed by atoms with E-state index in [1.54, 1.807) is 12.1 Å². The van der Waals surface area contributed by atoms with Crippen molar-refractivity contribution in [2.24, 2.45) is 0 Å². The highest BCUT2D eigenvalue weighted by Gasteiger charge is 2.16. The average Bonchev–Trinajstić information content (AvgIpc) is 2.80. The van der Waals surface area contributed by atoms with Crippen molar-refractivity contribution in [1.82, 2.24) is 9.97 Å². The number of nitrogens with two attached hydrogens (primary N) is 1. The summed E-state index contributed by atoms with van der Waals surface area (Å²) in [4.78, 5) is 11.0. The Morgan fingerprint density at radius 2 is 1.32 bits per heavy atom. The third-order valence-corrected chi connectivity index (χ3v) is 4.97. The Kier molecular flexibility index (Phi) is 6.38. The van der Waals surface area contributed by atoms with E-state index in [0.717, 1.165) is 16.7 Å². The fraction of sp³-hybridized carbons (Fsp3) is 0.120. The van der Waals surface area contributed by atoms with E-state index in [-0.39, 0.29) is 5.82 Å². The lowest BCUT2D eigenvalue weighted by Crippen LogP contribution is -2.25. The Hall–Kier alpha value is -3.93. The number of hydrogen-bond acceptors (Lipinski definition) is 5. The smallest absolute Gasteiger partial charge is 0.158 e. The fourth-order valence-corrected chi connectivity index (χ4v) is 3.38. The van der Waals surface area contributed by atoms with E-state index in [1.165, 1.54) is 18.5 Å².